The van der Waals surface area contributed by atoms with Crippen molar-refractivity contribution in [3.63, 3.8) is 0 Å². The van der Waals surface area contributed by atoms with E-state index in [1.807, 2.05) is 0 Å². The van der Waals surface area contributed by atoms with Crippen LogP contribution in [0, 0.1) is 0 Å². The molecule has 0 aromatic rings. The molecule has 0 heterocycles. The molecule has 1 amide bonds. The number of rotatable bonds is 4. The first-order chi connectivity index (χ1) is 4.54. The van der Waals surface area contributed by atoms with Crippen molar-refractivity contribution in [2.75, 3.05) is 0 Å². The fourth-order valence-corrected chi connectivity index (χ4v) is 0.421. The van der Waals surface area contributed by atoms with Gasteiger partial charge in [0.1, 0.15) is 6.04 Å². The van der Waals surface area contributed by atoms with Gasteiger partial charge in [0.15, 0.2) is 0 Å². The van der Waals surface area contributed by atoms with Crippen molar-refractivity contribution < 1.29 is 76.7 Å². The third-order valence-corrected chi connectivity index (χ3v) is 1.02. The number of carbonyl (C=O) groups is 2. The molecule has 0 aromatic carbocycles. The molecule has 0 spiro atoms. The summed E-state index contributed by atoms with van der Waals surface area (Å²) in [6, 6.07) is -0.979. The van der Waals surface area contributed by atoms with Gasteiger partial charge in [0.2, 0.25) is 5.91 Å². The molecule has 7 heteroatoms. The fourth-order valence-electron chi connectivity index (χ4n) is 0.421. The van der Waals surface area contributed by atoms with Gasteiger partial charge in [-0.2, -0.15) is 0 Å². The largest absolute Gasteiger partial charge is 1.00 e. The average Bonchev–Trinajstić information content (AvgIpc) is 1.82. The second-order valence-corrected chi connectivity index (χ2v) is 1.95. The number of carbonyl (C=O) groups excluding carboxylic acids is 1. The Morgan fingerprint density at radius 2 is 1.83 bits per heavy atom. The van der Waals surface area contributed by atoms with Crippen molar-refractivity contribution in [3.8, 4) is 0 Å². The van der Waals surface area contributed by atoms with Crippen molar-refractivity contribution in [2.45, 2.75) is 18.9 Å². The molecule has 5 N–H and O–H groups in total. The number of hydrogen-bond donors (Lipinski definition) is 3. The van der Waals surface area contributed by atoms with Crippen LogP contribution in [0.25, 0.3) is 0 Å². The van der Waals surface area contributed by atoms with E-state index in [0.717, 1.165) is 0 Å². The van der Waals surface area contributed by atoms with E-state index in [-0.39, 0.29) is 74.8 Å². The van der Waals surface area contributed by atoms with E-state index < -0.39 is 17.9 Å². The summed E-state index contributed by atoms with van der Waals surface area (Å²) in [4.78, 5) is 20.1. The maximum Gasteiger partial charge on any atom is 1.00 e. The second-order valence-electron chi connectivity index (χ2n) is 1.95. The Bertz CT molecular complexity index is 162. The first-order valence-electron chi connectivity index (χ1n) is 2.80. The van der Waals surface area contributed by atoms with Crippen LogP contribution in [0.15, 0.2) is 0 Å². The summed E-state index contributed by atoms with van der Waals surface area (Å²) in [5.41, 5.74) is 9.81. The maximum absolute atomic E-state index is 10.1. The van der Waals surface area contributed by atoms with Gasteiger partial charge >= 0.3 is 65.1 Å². The van der Waals surface area contributed by atoms with E-state index in [0.29, 0.717) is 0 Å². The van der Waals surface area contributed by atoms with Crippen LogP contribution in [0.5, 0.6) is 0 Å². The quantitative estimate of drug-likeness (QED) is 0.386. The van der Waals surface area contributed by atoms with Gasteiger partial charge in [0, 0.05) is 6.42 Å². The smallest absolute Gasteiger partial charge is 1.00 e. The monoisotopic (exact) mass is 194 g/mol. The van der Waals surface area contributed by atoms with Gasteiger partial charge in [-0.15, -0.1) is 0 Å². The number of nitrogens with two attached hydrogens (primary N) is 2. The summed E-state index contributed by atoms with van der Waals surface area (Å²) < 4.78 is 0. The molecule has 0 bridgehead atoms. The first kappa shape index (κ1) is 18.6. The van der Waals surface area contributed by atoms with Gasteiger partial charge in [0.25, 0.3) is 0 Å². The zero-order chi connectivity index (χ0) is 8.15. The second kappa shape index (κ2) is 9.98. The summed E-state index contributed by atoms with van der Waals surface area (Å²) in [6.07, 6.45) is 0.123. The zero-order valence-electron chi connectivity index (χ0n) is 9.41. The van der Waals surface area contributed by atoms with Gasteiger partial charge in [-0.05, 0) is 6.42 Å². The van der Waals surface area contributed by atoms with E-state index in [9.17, 15) is 9.59 Å². The molecular weight excluding hydrogens is 182 g/mol. The Labute approximate surface area is 118 Å². The number of carboxylic acid groups (broad SMARTS) is 1. The Morgan fingerprint density at radius 1 is 1.42 bits per heavy atom. The van der Waals surface area contributed by atoms with Gasteiger partial charge in [-0.25, -0.2) is 0 Å². The minimum atomic E-state index is -1.11. The van der Waals surface area contributed by atoms with Crippen LogP contribution < -0.4 is 70.6 Å². The van der Waals surface area contributed by atoms with Crippen LogP contribution in [-0.4, -0.2) is 23.0 Å². The van der Waals surface area contributed by atoms with E-state index >= 15 is 0 Å². The van der Waals surface area contributed by atoms with E-state index in [2.05, 4.69) is 0 Å². The molecule has 12 heavy (non-hydrogen) atoms. The molecule has 0 saturated carbocycles. The molecule has 0 aliphatic heterocycles. The third kappa shape index (κ3) is 10.9. The predicted octanol–water partition coefficient (Wildman–Crippen LogP) is -7.10. The summed E-state index contributed by atoms with van der Waals surface area (Å²) in [5.74, 6) is -1.64. The summed E-state index contributed by atoms with van der Waals surface area (Å²) in [5, 5.41) is 8.22. The number of carboxylic acids is 1. The Kier molecular flexibility index (Phi) is 15.5. The Morgan fingerprint density at radius 3 is 2.08 bits per heavy atom. The number of hydrogen-bond acceptors (Lipinski definition) is 3. The van der Waals surface area contributed by atoms with Crippen LogP contribution in [0.3, 0.4) is 0 Å². The molecule has 0 aliphatic carbocycles. The summed E-state index contributed by atoms with van der Waals surface area (Å²) in [6.45, 7) is 0. The fraction of sp³-hybridized carbons (Fsp3) is 0.600. The zero-order valence-corrected chi connectivity index (χ0v) is 11.4. The molecule has 0 radical (unpaired) electrons. The molecule has 0 aromatic heterocycles. The van der Waals surface area contributed by atoms with E-state index in [4.69, 9.17) is 16.6 Å². The van der Waals surface area contributed by atoms with Crippen LogP contribution in [-0.2, 0) is 9.59 Å². The van der Waals surface area contributed by atoms with Crippen molar-refractivity contribution in [1.82, 2.24) is 0 Å². The summed E-state index contributed by atoms with van der Waals surface area (Å²) >= 11 is 0. The molecule has 0 saturated heterocycles. The number of primary amides is 1. The molecule has 0 rings (SSSR count). The summed E-state index contributed by atoms with van der Waals surface area (Å²) in [7, 11) is 0. The van der Waals surface area contributed by atoms with Gasteiger partial charge in [-0.3, -0.25) is 9.59 Å². The van der Waals surface area contributed by atoms with Crippen molar-refractivity contribution >= 4 is 11.9 Å². The molecule has 1 unspecified atom stereocenters. The molecule has 0 fully saturated rings. The topological polar surface area (TPSA) is 106 Å². The van der Waals surface area contributed by atoms with Gasteiger partial charge in [0.05, 0.1) is 0 Å². The maximum atomic E-state index is 10.1. The number of aliphatic carboxylic acids is 1. The minimum absolute atomic E-state index is 0. The SMILES string of the molecule is NC(=O)CCC(N)C(=O)O.[H-].[H-].[Na+].[Na+]. The van der Waals surface area contributed by atoms with Crippen LogP contribution in [0.1, 0.15) is 15.7 Å². The van der Waals surface area contributed by atoms with E-state index in [1.54, 1.807) is 0 Å². The Hall–Kier alpha value is 0.900. The van der Waals surface area contributed by atoms with Crippen molar-refractivity contribution in [2.24, 2.45) is 11.5 Å². The normalized spacial score (nSPS) is 10.4. The molecule has 0 aliphatic rings. The third-order valence-electron chi connectivity index (χ3n) is 1.02. The van der Waals surface area contributed by atoms with Crippen molar-refractivity contribution in [3.05, 3.63) is 0 Å². The molecule has 62 valence electrons. The van der Waals surface area contributed by atoms with Crippen LogP contribution in [0.2, 0.25) is 0 Å². The van der Waals surface area contributed by atoms with Gasteiger partial charge in [-0.1, -0.05) is 0 Å². The van der Waals surface area contributed by atoms with Gasteiger partial charge < -0.3 is 19.4 Å². The van der Waals surface area contributed by atoms with Crippen LogP contribution >= 0.6 is 0 Å². The standard InChI is InChI=1S/C5H10N2O3.2Na.2H/c6-3(5(9)10)1-2-4(7)8;;;;/h3H,1-2,6H2,(H2,7,8)(H,9,10);;;;/q;2*+1;2*-1. The molecular formula is C5H12N2Na2O3. The molecule has 5 nitrogen and oxygen atoms in total. The predicted molar refractivity (Wildman–Crippen MR) is 36.3 cm³/mol. The average molecular weight is 194 g/mol. The Balaban J connectivity index is -0.0000000675. The van der Waals surface area contributed by atoms with Crippen molar-refractivity contribution in [1.29, 1.82) is 0 Å². The molecule has 1 atom stereocenters. The van der Waals surface area contributed by atoms with E-state index in [1.165, 1.54) is 0 Å². The van der Waals surface area contributed by atoms with Crippen LogP contribution in [0.4, 0.5) is 0 Å². The first-order valence-corrected chi connectivity index (χ1v) is 2.80. The number of amides is 1. The minimum Gasteiger partial charge on any atom is -1.00 e.